The van der Waals surface area contributed by atoms with Crippen molar-refractivity contribution < 1.29 is 9.13 Å². The number of benzene rings is 1. The van der Waals surface area contributed by atoms with Crippen molar-refractivity contribution >= 4 is 5.69 Å². The molecule has 1 aliphatic carbocycles. The molecule has 0 saturated heterocycles. The zero-order valence-corrected chi connectivity index (χ0v) is 10.2. The molecule has 1 aliphatic rings. The molecule has 2 N–H and O–H groups in total. The number of nitrogens with two attached hydrogens (primary N) is 1. The van der Waals surface area contributed by atoms with Gasteiger partial charge in [0, 0.05) is 31.9 Å². The van der Waals surface area contributed by atoms with Crippen LogP contribution in [0.15, 0.2) is 18.2 Å². The highest BCUT2D eigenvalue weighted by molar-refractivity contribution is 5.51. The predicted octanol–water partition coefficient (Wildman–Crippen LogP) is 1.90. The molecule has 0 aliphatic heterocycles. The molecule has 0 atom stereocenters. The van der Waals surface area contributed by atoms with Crippen molar-refractivity contribution in [2.75, 3.05) is 25.2 Å². The maximum atomic E-state index is 13.5. The first kappa shape index (κ1) is 12.3. The standard InChI is InChI=1S/C13H19FN2O/c1-17-5-4-16(12-2-3-12)13-7-10(9-15)6-11(14)8-13/h6-8,12H,2-5,9,15H2,1H3. The van der Waals surface area contributed by atoms with Crippen molar-refractivity contribution in [3.8, 4) is 0 Å². The lowest BCUT2D eigenvalue weighted by molar-refractivity contribution is 0.205. The summed E-state index contributed by atoms with van der Waals surface area (Å²) in [7, 11) is 1.68. The van der Waals surface area contributed by atoms with Crippen molar-refractivity contribution in [3.05, 3.63) is 29.6 Å². The average Bonchev–Trinajstić information content (AvgIpc) is 3.13. The third-order valence-corrected chi connectivity index (χ3v) is 3.03. The number of anilines is 1. The highest BCUT2D eigenvalue weighted by Crippen LogP contribution is 2.32. The van der Waals surface area contributed by atoms with Crippen LogP contribution in [0.25, 0.3) is 0 Å². The van der Waals surface area contributed by atoms with E-state index >= 15 is 0 Å². The van der Waals surface area contributed by atoms with Crippen LogP contribution in [0.1, 0.15) is 18.4 Å². The van der Waals surface area contributed by atoms with Crippen LogP contribution in [0.5, 0.6) is 0 Å². The van der Waals surface area contributed by atoms with E-state index < -0.39 is 0 Å². The molecule has 0 spiro atoms. The van der Waals surface area contributed by atoms with Gasteiger partial charge in [0.1, 0.15) is 5.82 Å². The normalized spacial score (nSPS) is 15.0. The molecule has 2 rings (SSSR count). The molecule has 1 aromatic rings. The number of hydrogen-bond acceptors (Lipinski definition) is 3. The molecule has 1 saturated carbocycles. The third kappa shape index (κ3) is 3.17. The van der Waals surface area contributed by atoms with Gasteiger partial charge in [-0.3, -0.25) is 0 Å². The van der Waals surface area contributed by atoms with Crippen molar-refractivity contribution in [1.29, 1.82) is 0 Å². The molecular formula is C13H19FN2O. The van der Waals surface area contributed by atoms with Gasteiger partial charge in [0.2, 0.25) is 0 Å². The second-order valence-electron chi connectivity index (χ2n) is 4.44. The lowest BCUT2D eigenvalue weighted by atomic mass is 10.1. The van der Waals surface area contributed by atoms with Crippen LogP contribution in [-0.4, -0.2) is 26.3 Å². The summed E-state index contributed by atoms with van der Waals surface area (Å²) in [6.07, 6.45) is 2.36. The van der Waals surface area contributed by atoms with Crippen molar-refractivity contribution in [1.82, 2.24) is 0 Å². The summed E-state index contributed by atoms with van der Waals surface area (Å²) in [5, 5.41) is 0. The van der Waals surface area contributed by atoms with E-state index in [0.717, 1.165) is 17.8 Å². The molecule has 0 amide bonds. The average molecular weight is 238 g/mol. The Morgan fingerprint density at radius 3 is 2.76 bits per heavy atom. The van der Waals surface area contributed by atoms with Gasteiger partial charge in [0.05, 0.1) is 6.61 Å². The van der Waals surface area contributed by atoms with Gasteiger partial charge in [-0.1, -0.05) is 0 Å². The summed E-state index contributed by atoms with van der Waals surface area (Å²) in [6, 6.07) is 5.58. The highest BCUT2D eigenvalue weighted by Gasteiger charge is 2.29. The van der Waals surface area contributed by atoms with E-state index in [1.165, 1.54) is 18.9 Å². The van der Waals surface area contributed by atoms with Crippen LogP contribution in [0.3, 0.4) is 0 Å². The fourth-order valence-electron chi connectivity index (χ4n) is 2.02. The van der Waals surface area contributed by atoms with Crippen molar-refractivity contribution in [2.24, 2.45) is 5.73 Å². The van der Waals surface area contributed by atoms with E-state index in [0.29, 0.717) is 19.2 Å². The number of methoxy groups -OCH3 is 1. The summed E-state index contributed by atoms with van der Waals surface area (Å²) in [4.78, 5) is 2.21. The molecular weight excluding hydrogens is 219 g/mol. The zero-order chi connectivity index (χ0) is 12.3. The second-order valence-corrected chi connectivity index (χ2v) is 4.44. The number of rotatable bonds is 6. The fourth-order valence-corrected chi connectivity index (χ4v) is 2.02. The highest BCUT2D eigenvalue weighted by atomic mass is 19.1. The molecule has 94 valence electrons. The van der Waals surface area contributed by atoms with E-state index in [1.807, 2.05) is 6.07 Å². The van der Waals surface area contributed by atoms with Crippen LogP contribution in [0.4, 0.5) is 10.1 Å². The molecule has 1 fully saturated rings. The molecule has 0 bridgehead atoms. The smallest absolute Gasteiger partial charge is 0.125 e. The van der Waals surface area contributed by atoms with Crippen LogP contribution in [0, 0.1) is 5.82 Å². The van der Waals surface area contributed by atoms with Crippen molar-refractivity contribution in [2.45, 2.75) is 25.4 Å². The molecule has 4 heteroatoms. The number of ether oxygens (including phenoxy) is 1. The first-order chi connectivity index (χ1) is 8.24. The Morgan fingerprint density at radius 2 is 2.18 bits per heavy atom. The maximum absolute atomic E-state index is 13.5. The van der Waals surface area contributed by atoms with Gasteiger partial charge in [-0.15, -0.1) is 0 Å². The van der Waals surface area contributed by atoms with E-state index in [1.54, 1.807) is 13.2 Å². The van der Waals surface area contributed by atoms with E-state index in [2.05, 4.69) is 4.90 Å². The van der Waals surface area contributed by atoms with Crippen LogP contribution in [-0.2, 0) is 11.3 Å². The summed E-state index contributed by atoms with van der Waals surface area (Å²) < 4.78 is 18.6. The molecule has 0 aromatic heterocycles. The van der Waals surface area contributed by atoms with Gasteiger partial charge in [0.25, 0.3) is 0 Å². The van der Waals surface area contributed by atoms with Crippen molar-refractivity contribution in [3.63, 3.8) is 0 Å². The molecule has 1 aromatic carbocycles. The molecule has 17 heavy (non-hydrogen) atoms. The van der Waals surface area contributed by atoms with Gasteiger partial charge >= 0.3 is 0 Å². The molecule has 0 radical (unpaired) electrons. The van der Waals surface area contributed by atoms with Gasteiger partial charge in [0.15, 0.2) is 0 Å². The van der Waals surface area contributed by atoms with Gasteiger partial charge in [-0.05, 0) is 36.6 Å². The molecule has 0 unspecified atom stereocenters. The Bertz CT molecular complexity index is 380. The van der Waals surface area contributed by atoms with Crippen LogP contribution >= 0.6 is 0 Å². The van der Waals surface area contributed by atoms with Gasteiger partial charge in [-0.2, -0.15) is 0 Å². The number of halogens is 1. The lowest BCUT2D eigenvalue weighted by Gasteiger charge is -2.25. The largest absolute Gasteiger partial charge is 0.383 e. The lowest BCUT2D eigenvalue weighted by Crippen LogP contribution is -2.29. The number of hydrogen-bond donors (Lipinski definition) is 1. The number of nitrogens with zero attached hydrogens (tertiary/aromatic N) is 1. The minimum Gasteiger partial charge on any atom is -0.383 e. The minimum absolute atomic E-state index is 0.217. The topological polar surface area (TPSA) is 38.5 Å². The summed E-state index contributed by atoms with van der Waals surface area (Å²) in [5.41, 5.74) is 7.33. The first-order valence-electron chi connectivity index (χ1n) is 5.99. The summed E-state index contributed by atoms with van der Waals surface area (Å²) >= 11 is 0. The van der Waals surface area contributed by atoms with Crippen LogP contribution in [0.2, 0.25) is 0 Å². The summed E-state index contributed by atoms with van der Waals surface area (Å²) in [5.74, 6) is -0.217. The van der Waals surface area contributed by atoms with E-state index in [9.17, 15) is 4.39 Å². The quantitative estimate of drug-likeness (QED) is 0.822. The Kier molecular flexibility index (Phi) is 3.97. The van der Waals surface area contributed by atoms with E-state index in [-0.39, 0.29) is 5.82 Å². The van der Waals surface area contributed by atoms with Crippen LogP contribution < -0.4 is 10.6 Å². The second kappa shape index (κ2) is 5.47. The minimum atomic E-state index is -0.217. The Balaban J connectivity index is 2.18. The maximum Gasteiger partial charge on any atom is 0.125 e. The third-order valence-electron chi connectivity index (χ3n) is 3.03. The summed E-state index contributed by atoms with van der Waals surface area (Å²) in [6.45, 7) is 1.83. The Morgan fingerprint density at radius 1 is 1.41 bits per heavy atom. The molecule has 3 nitrogen and oxygen atoms in total. The zero-order valence-electron chi connectivity index (χ0n) is 10.2. The first-order valence-corrected chi connectivity index (χ1v) is 5.99. The Labute approximate surface area is 101 Å². The molecule has 0 heterocycles. The van der Waals surface area contributed by atoms with Gasteiger partial charge in [-0.25, -0.2) is 4.39 Å². The SMILES string of the molecule is COCCN(c1cc(F)cc(CN)c1)C1CC1. The predicted molar refractivity (Wildman–Crippen MR) is 66.5 cm³/mol. The van der Waals surface area contributed by atoms with E-state index in [4.69, 9.17) is 10.5 Å². The monoisotopic (exact) mass is 238 g/mol. The fraction of sp³-hybridized carbons (Fsp3) is 0.538. The van der Waals surface area contributed by atoms with Gasteiger partial charge < -0.3 is 15.4 Å². The Hall–Kier alpha value is -1.13.